The Morgan fingerprint density at radius 2 is 1.73 bits per heavy atom. The van der Waals surface area contributed by atoms with Gasteiger partial charge in [-0.1, -0.05) is 59.9 Å². The minimum Gasteiger partial charge on any atom is -0.481 e. The van der Waals surface area contributed by atoms with Crippen LogP contribution in [-0.4, -0.2) is 22.2 Å². The summed E-state index contributed by atoms with van der Waals surface area (Å²) in [7, 11) is 0. The summed E-state index contributed by atoms with van der Waals surface area (Å²) in [6.07, 6.45) is 2.24. The Morgan fingerprint density at radius 3 is 2.46 bits per heavy atom. The first kappa shape index (κ1) is 18.1. The average molecular weight is 367 g/mol. The highest BCUT2D eigenvalue weighted by Crippen LogP contribution is 2.18. The molecule has 26 heavy (non-hydrogen) atoms. The SMILES string of the molecule is C[C@@H](Oc1ccccc1)C(=O)Nc1nnc(CCCc2ccccc2)s1. The van der Waals surface area contributed by atoms with Crippen LogP contribution in [0.1, 0.15) is 23.9 Å². The number of aromatic nitrogens is 2. The first-order chi connectivity index (χ1) is 12.7. The molecule has 0 bridgehead atoms. The summed E-state index contributed by atoms with van der Waals surface area (Å²) in [6, 6.07) is 19.6. The molecule has 0 radical (unpaired) electrons. The topological polar surface area (TPSA) is 64.1 Å². The Labute approximate surface area is 157 Å². The molecule has 0 unspecified atom stereocenters. The number of anilines is 1. The summed E-state index contributed by atoms with van der Waals surface area (Å²) >= 11 is 1.41. The lowest BCUT2D eigenvalue weighted by atomic mass is 10.1. The lowest BCUT2D eigenvalue weighted by molar-refractivity contribution is -0.122. The molecule has 0 fully saturated rings. The summed E-state index contributed by atoms with van der Waals surface area (Å²) in [5, 5.41) is 12.4. The fourth-order valence-electron chi connectivity index (χ4n) is 2.46. The predicted molar refractivity (Wildman–Crippen MR) is 104 cm³/mol. The molecule has 1 N–H and O–H groups in total. The van der Waals surface area contributed by atoms with Crippen molar-refractivity contribution in [2.45, 2.75) is 32.3 Å². The number of benzene rings is 2. The van der Waals surface area contributed by atoms with Crippen molar-refractivity contribution in [2.24, 2.45) is 0 Å². The Balaban J connectivity index is 1.46. The van der Waals surface area contributed by atoms with Crippen LogP contribution in [0.15, 0.2) is 60.7 Å². The molecule has 0 aliphatic carbocycles. The van der Waals surface area contributed by atoms with Crippen LogP contribution in [-0.2, 0) is 17.6 Å². The van der Waals surface area contributed by atoms with Gasteiger partial charge in [0.25, 0.3) is 5.91 Å². The lowest BCUT2D eigenvalue weighted by Crippen LogP contribution is -2.30. The number of carbonyl (C=O) groups is 1. The molecule has 0 spiro atoms. The zero-order valence-electron chi connectivity index (χ0n) is 14.6. The van der Waals surface area contributed by atoms with Crippen LogP contribution < -0.4 is 10.1 Å². The number of amides is 1. The van der Waals surface area contributed by atoms with Gasteiger partial charge in [-0.2, -0.15) is 0 Å². The predicted octanol–water partition coefficient (Wildman–Crippen LogP) is 4.12. The normalized spacial score (nSPS) is 11.7. The molecule has 0 aliphatic heterocycles. The van der Waals surface area contributed by atoms with Gasteiger partial charge >= 0.3 is 0 Å². The monoisotopic (exact) mass is 367 g/mol. The maximum atomic E-state index is 12.2. The zero-order chi connectivity index (χ0) is 18.2. The van der Waals surface area contributed by atoms with E-state index in [1.54, 1.807) is 6.92 Å². The number of rotatable bonds is 8. The largest absolute Gasteiger partial charge is 0.481 e. The summed E-state index contributed by atoms with van der Waals surface area (Å²) in [6.45, 7) is 1.71. The van der Waals surface area contributed by atoms with Crippen molar-refractivity contribution in [3.05, 3.63) is 71.2 Å². The second-order valence-electron chi connectivity index (χ2n) is 5.90. The molecule has 3 rings (SSSR count). The van der Waals surface area contributed by atoms with Gasteiger partial charge in [-0.3, -0.25) is 10.1 Å². The Hall–Kier alpha value is -2.73. The zero-order valence-corrected chi connectivity index (χ0v) is 15.4. The third-order valence-electron chi connectivity index (χ3n) is 3.82. The van der Waals surface area contributed by atoms with E-state index in [0.29, 0.717) is 10.9 Å². The molecule has 1 amide bonds. The Morgan fingerprint density at radius 1 is 1.04 bits per heavy atom. The summed E-state index contributed by atoms with van der Waals surface area (Å²) in [5.74, 6) is 0.426. The second-order valence-corrected chi connectivity index (χ2v) is 6.96. The number of nitrogens with one attached hydrogen (secondary N) is 1. The highest BCUT2D eigenvalue weighted by molar-refractivity contribution is 7.15. The first-order valence-corrected chi connectivity index (χ1v) is 9.41. The first-order valence-electron chi connectivity index (χ1n) is 8.59. The maximum Gasteiger partial charge on any atom is 0.266 e. The van der Waals surface area contributed by atoms with Crippen molar-refractivity contribution >= 4 is 22.4 Å². The van der Waals surface area contributed by atoms with Gasteiger partial charge in [0.15, 0.2) is 6.10 Å². The van der Waals surface area contributed by atoms with Gasteiger partial charge < -0.3 is 4.74 Å². The number of carbonyl (C=O) groups excluding carboxylic acids is 1. The fourth-order valence-corrected chi connectivity index (χ4v) is 3.24. The molecule has 0 aliphatic rings. The van der Waals surface area contributed by atoms with E-state index in [-0.39, 0.29) is 5.91 Å². The number of para-hydroxylation sites is 1. The average Bonchev–Trinajstić information content (AvgIpc) is 3.10. The van der Waals surface area contributed by atoms with Crippen LogP contribution in [0.3, 0.4) is 0 Å². The minimum absolute atomic E-state index is 0.235. The number of ether oxygens (including phenoxy) is 1. The molecule has 5 nitrogen and oxygen atoms in total. The van der Waals surface area contributed by atoms with E-state index in [4.69, 9.17) is 4.74 Å². The summed E-state index contributed by atoms with van der Waals surface area (Å²) in [4.78, 5) is 12.2. The molecule has 1 aromatic heterocycles. The molecular formula is C20H21N3O2S. The number of hydrogen-bond acceptors (Lipinski definition) is 5. The van der Waals surface area contributed by atoms with Crippen molar-refractivity contribution in [3.63, 3.8) is 0 Å². The van der Waals surface area contributed by atoms with Crippen LogP contribution >= 0.6 is 11.3 Å². The molecule has 0 saturated heterocycles. The standard InChI is InChI=1S/C20H21N3O2S/c1-15(25-17-12-6-3-7-13-17)19(24)21-20-23-22-18(26-20)14-8-11-16-9-4-2-5-10-16/h2-7,9-10,12-13,15H,8,11,14H2,1H3,(H,21,23,24)/t15-/m1/s1. The van der Waals surface area contributed by atoms with E-state index in [2.05, 4.69) is 27.6 Å². The van der Waals surface area contributed by atoms with E-state index >= 15 is 0 Å². The van der Waals surface area contributed by atoms with Gasteiger partial charge in [-0.15, -0.1) is 10.2 Å². The van der Waals surface area contributed by atoms with E-state index in [0.717, 1.165) is 24.3 Å². The molecule has 2 aromatic carbocycles. The smallest absolute Gasteiger partial charge is 0.266 e. The molecule has 3 aromatic rings. The summed E-state index contributed by atoms with van der Waals surface area (Å²) in [5.41, 5.74) is 1.32. The van der Waals surface area contributed by atoms with Crippen molar-refractivity contribution in [3.8, 4) is 5.75 Å². The third kappa shape index (κ3) is 5.39. The molecule has 0 saturated carbocycles. The van der Waals surface area contributed by atoms with Crippen LogP contribution in [0.4, 0.5) is 5.13 Å². The van der Waals surface area contributed by atoms with Crippen molar-refractivity contribution in [2.75, 3.05) is 5.32 Å². The molecule has 1 atom stereocenters. The Bertz CT molecular complexity index is 821. The highest BCUT2D eigenvalue weighted by atomic mass is 32.1. The third-order valence-corrected chi connectivity index (χ3v) is 4.72. The molecule has 6 heteroatoms. The van der Waals surface area contributed by atoms with E-state index in [1.807, 2.05) is 48.5 Å². The van der Waals surface area contributed by atoms with Gasteiger partial charge in [0, 0.05) is 6.42 Å². The van der Waals surface area contributed by atoms with E-state index in [9.17, 15) is 4.79 Å². The van der Waals surface area contributed by atoms with Gasteiger partial charge in [-0.05, 0) is 37.5 Å². The fraction of sp³-hybridized carbons (Fsp3) is 0.250. The van der Waals surface area contributed by atoms with E-state index < -0.39 is 6.10 Å². The minimum atomic E-state index is -0.608. The molecular weight excluding hydrogens is 346 g/mol. The van der Waals surface area contributed by atoms with Crippen molar-refractivity contribution in [1.29, 1.82) is 0 Å². The van der Waals surface area contributed by atoms with Gasteiger partial charge in [0.1, 0.15) is 10.8 Å². The number of nitrogens with zero attached hydrogens (tertiary/aromatic N) is 2. The van der Waals surface area contributed by atoms with Gasteiger partial charge in [0.05, 0.1) is 0 Å². The van der Waals surface area contributed by atoms with Crippen LogP contribution in [0.5, 0.6) is 5.75 Å². The Kier molecular flexibility index (Phi) is 6.33. The highest BCUT2D eigenvalue weighted by Gasteiger charge is 2.16. The van der Waals surface area contributed by atoms with Crippen LogP contribution in [0, 0.1) is 0 Å². The maximum absolute atomic E-state index is 12.2. The number of aryl methyl sites for hydroxylation is 2. The quantitative estimate of drug-likeness (QED) is 0.650. The van der Waals surface area contributed by atoms with Crippen LogP contribution in [0.25, 0.3) is 0 Å². The van der Waals surface area contributed by atoms with Crippen LogP contribution in [0.2, 0.25) is 0 Å². The van der Waals surface area contributed by atoms with E-state index in [1.165, 1.54) is 16.9 Å². The van der Waals surface area contributed by atoms with Gasteiger partial charge in [0.2, 0.25) is 5.13 Å². The molecule has 1 heterocycles. The number of hydrogen-bond donors (Lipinski definition) is 1. The summed E-state index contributed by atoms with van der Waals surface area (Å²) < 4.78 is 5.61. The van der Waals surface area contributed by atoms with Crippen molar-refractivity contribution < 1.29 is 9.53 Å². The van der Waals surface area contributed by atoms with Crippen molar-refractivity contribution in [1.82, 2.24) is 10.2 Å². The molecule has 134 valence electrons. The lowest BCUT2D eigenvalue weighted by Gasteiger charge is -2.13. The second kappa shape index (κ2) is 9.10. The van der Waals surface area contributed by atoms with Gasteiger partial charge in [-0.25, -0.2) is 0 Å².